The molecule has 0 amide bonds. The minimum atomic E-state index is -0.198. The Labute approximate surface area is 125 Å². The molecule has 0 unspecified atom stereocenters. The predicted molar refractivity (Wildman–Crippen MR) is 82.0 cm³/mol. The maximum absolute atomic E-state index is 11.6. The van der Waals surface area contributed by atoms with E-state index in [9.17, 15) is 4.79 Å². The third-order valence-electron chi connectivity index (χ3n) is 2.75. The molecular weight excluding hydrogens is 299 g/mol. The molecule has 0 aliphatic heterocycles. The van der Waals surface area contributed by atoms with Crippen LogP contribution in [0, 0.1) is 13.8 Å². The average molecular weight is 311 g/mol. The number of aromatic nitrogens is 2. The van der Waals surface area contributed by atoms with E-state index in [1.54, 1.807) is 32.0 Å². The van der Waals surface area contributed by atoms with Crippen LogP contribution < -0.4 is 11.0 Å². The van der Waals surface area contributed by atoms with E-state index in [1.807, 2.05) is 0 Å². The maximum atomic E-state index is 11.6. The number of H-pyrrole nitrogens is 1. The summed E-state index contributed by atoms with van der Waals surface area (Å²) in [5, 5.41) is 4.84. The molecule has 1 aromatic carbocycles. The van der Waals surface area contributed by atoms with Crippen LogP contribution in [0.4, 0.5) is 5.95 Å². The summed E-state index contributed by atoms with van der Waals surface area (Å²) < 4.78 is 0. The number of benzene rings is 1. The van der Waals surface area contributed by atoms with Gasteiger partial charge in [-0.05, 0) is 19.9 Å². The van der Waals surface area contributed by atoms with Gasteiger partial charge in [0.25, 0.3) is 5.56 Å². The van der Waals surface area contributed by atoms with E-state index in [4.69, 9.17) is 23.2 Å². The van der Waals surface area contributed by atoms with Crippen LogP contribution in [0.5, 0.6) is 0 Å². The van der Waals surface area contributed by atoms with Crippen LogP contribution in [0.1, 0.15) is 16.8 Å². The molecule has 5 nitrogen and oxygen atoms in total. The van der Waals surface area contributed by atoms with Gasteiger partial charge in [-0.15, -0.1) is 0 Å². The summed E-state index contributed by atoms with van der Waals surface area (Å²) in [6, 6.07) is 5.23. The molecule has 0 saturated heterocycles. The van der Waals surface area contributed by atoms with Gasteiger partial charge < -0.3 is 0 Å². The van der Waals surface area contributed by atoms with Crippen LogP contribution in [0.15, 0.2) is 28.1 Å². The van der Waals surface area contributed by atoms with E-state index in [0.29, 0.717) is 26.9 Å². The average Bonchev–Trinajstić information content (AvgIpc) is 2.41. The number of hydrogen-bond acceptors (Lipinski definition) is 4. The second-order valence-electron chi connectivity index (χ2n) is 4.14. The first kappa shape index (κ1) is 14.6. The second-order valence-corrected chi connectivity index (χ2v) is 4.92. The maximum Gasteiger partial charge on any atom is 0.255 e. The number of nitrogens with zero attached hydrogens (tertiary/aromatic N) is 2. The van der Waals surface area contributed by atoms with Crippen molar-refractivity contribution < 1.29 is 0 Å². The van der Waals surface area contributed by atoms with Crippen molar-refractivity contribution in [2.75, 3.05) is 5.43 Å². The highest BCUT2D eigenvalue weighted by molar-refractivity contribution is 6.43. The van der Waals surface area contributed by atoms with E-state index in [1.165, 1.54) is 6.21 Å². The lowest BCUT2D eigenvalue weighted by atomic mass is 10.2. The summed E-state index contributed by atoms with van der Waals surface area (Å²) in [5.74, 6) is 0.271. The summed E-state index contributed by atoms with van der Waals surface area (Å²) in [7, 11) is 0. The Balaban J connectivity index is 2.18. The fourth-order valence-corrected chi connectivity index (χ4v) is 1.84. The number of rotatable bonds is 3. The molecule has 2 aromatic rings. The van der Waals surface area contributed by atoms with Gasteiger partial charge in [0, 0.05) is 16.8 Å². The summed E-state index contributed by atoms with van der Waals surface area (Å²) in [6.07, 6.45) is 1.50. The number of hydrogen-bond donors (Lipinski definition) is 2. The van der Waals surface area contributed by atoms with Crippen LogP contribution in [0.25, 0.3) is 0 Å². The molecule has 0 saturated carbocycles. The van der Waals surface area contributed by atoms with E-state index in [0.717, 1.165) is 0 Å². The van der Waals surface area contributed by atoms with Crippen molar-refractivity contribution in [3.8, 4) is 0 Å². The van der Waals surface area contributed by atoms with Gasteiger partial charge >= 0.3 is 0 Å². The van der Waals surface area contributed by atoms with Gasteiger partial charge in [-0.1, -0.05) is 35.3 Å². The third kappa shape index (κ3) is 3.18. The quantitative estimate of drug-likeness (QED) is 0.676. The summed E-state index contributed by atoms with van der Waals surface area (Å²) in [5.41, 5.74) is 4.34. The summed E-state index contributed by atoms with van der Waals surface area (Å²) in [4.78, 5) is 18.3. The van der Waals surface area contributed by atoms with Crippen molar-refractivity contribution in [3.05, 3.63) is 55.4 Å². The Kier molecular flexibility index (Phi) is 4.42. The van der Waals surface area contributed by atoms with Crippen LogP contribution >= 0.6 is 23.2 Å². The minimum absolute atomic E-state index is 0.198. The molecule has 20 heavy (non-hydrogen) atoms. The summed E-state index contributed by atoms with van der Waals surface area (Å²) >= 11 is 11.9. The zero-order valence-corrected chi connectivity index (χ0v) is 12.4. The molecule has 0 atom stereocenters. The number of hydrazone groups is 1. The molecule has 0 spiro atoms. The van der Waals surface area contributed by atoms with Gasteiger partial charge in [-0.3, -0.25) is 9.78 Å². The van der Waals surface area contributed by atoms with Crippen molar-refractivity contribution in [1.82, 2.24) is 9.97 Å². The van der Waals surface area contributed by atoms with Gasteiger partial charge in [0.2, 0.25) is 5.95 Å². The molecular formula is C13H12Cl2N4O. The lowest BCUT2D eigenvalue weighted by Crippen LogP contribution is -2.15. The van der Waals surface area contributed by atoms with Crippen molar-refractivity contribution >= 4 is 35.4 Å². The first-order valence-electron chi connectivity index (χ1n) is 5.79. The van der Waals surface area contributed by atoms with Crippen LogP contribution in [-0.4, -0.2) is 16.2 Å². The molecule has 7 heteroatoms. The highest BCUT2D eigenvalue weighted by Crippen LogP contribution is 2.24. The Morgan fingerprint density at radius 2 is 2.10 bits per heavy atom. The predicted octanol–water partition coefficient (Wildman–Crippen LogP) is 3.14. The zero-order chi connectivity index (χ0) is 14.7. The first-order valence-corrected chi connectivity index (χ1v) is 6.55. The van der Waals surface area contributed by atoms with Crippen LogP contribution in [0.3, 0.4) is 0 Å². The lowest BCUT2D eigenvalue weighted by Gasteiger charge is -2.03. The molecule has 2 rings (SSSR count). The molecule has 104 valence electrons. The van der Waals surface area contributed by atoms with Crippen molar-refractivity contribution in [3.63, 3.8) is 0 Å². The Morgan fingerprint density at radius 3 is 2.80 bits per heavy atom. The fraction of sp³-hybridized carbons (Fsp3) is 0.154. The molecule has 0 fully saturated rings. The highest BCUT2D eigenvalue weighted by Gasteiger charge is 2.03. The molecule has 1 aromatic heterocycles. The van der Waals surface area contributed by atoms with Gasteiger partial charge in [0.1, 0.15) is 0 Å². The topological polar surface area (TPSA) is 70.1 Å². The second kappa shape index (κ2) is 6.07. The number of halogens is 2. The minimum Gasteiger partial charge on any atom is -0.291 e. The molecule has 2 N–H and O–H groups in total. The summed E-state index contributed by atoms with van der Waals surface area (Å²) in [6.45, 7) is 3.47. The molecule has 0 bridgehead atoms. The zero-order valence-electron chi connectivity index (χ0n) is 10.9. The number of aromatic amines is 1. The Hall–Kier alpha value is -1.85. The van der Waals surface area contributed by atoms with Gasteiger partial charge in [-0.25, -0.2) is 10.4 Å². The monoisotopic (exact) mass is 310 g/mol. The van der Waals surface area contributed by atoms with Gasteiger partial charge in [0.15, 0.2) is 0 Å². The third-order valence-corrected chi connectivity index (χ3v) is 3.58. The van der Waals surface area contributed by atoms with Crippen molar-refractivity contribution in [1.29, 1.82) is 0 Å². The Bertz CT molecular complexity index is 725. The SMILES string of the molecule is Cc1nc(N/N=C\c2cccc(Cl)c2Cl)[nH]c(=O)c1C. The largest absolute Gasteiger partial charge is 0.291 e. The van der Waals surface area contributed by atoms with E-state index in [2.05, 4.69) is 20.5 Å². The van der Waals surface area contributed by atoms with Crippen LogP contribution in [0.2, 0.25) is 10.0 Å². The van der Waals surface area contributed by atoms with Crippen molar-refractivity contribution in [2.45, 2.75) is 13.8 Å². The fourth-order valence-electron chi connectivity index (χ4n) is 1.48. The molecule has 1 heterocycles. The molecule has 0 aliphatic carbocycles. The number of anilines is 1. The van der Waals surface area contributed by atoms with E-state index in [-0.39, 0.29) is 11.5 Å². The van der Waals surface area contributed by atoms with E-state index < -0.39 is 0 Å². The van der Waals surface area contributed by atoms with Gasteiger partial charge in [-0.2, -0.15) is 5.10 Å². The molecule has 0 radical (unpaired) electrons. The van der Waals surface area contributed by atoms with Gasteiger partial charge in [0.05, 0.1) is 16.3 Å². The normalized spacial score (nSPS) is 11.0. The standard InChI is InChI=1S/C13H12Cl2N4O/c1-7-8(2)17-13(18-12(7)20)19-16-6-9-4-3-5-10(14)11(9)15/h3-6H,1-2H3,(H2,17,18,19,20)/b16-6-. The lowest BCUT2D eigenvalue weighted by molar-refractivity contribution is 1.01. The smallest absolute Gasteiger partial charge is 0.255 e. The first-order chi connectivity index (χ1) is 9.49. The number of nitrogens with one attached hydrogen (secondary N) is 2. The highest BCUT2D eigenvalue weighted by atomic mass is 35.5. The number of aryl methyl sites for hydroxylation is 1. The Morgan fingerprint density at radius 1 is 1.35 bits per heavy atom. The van der Waals surface area contributed by atoms with Crippen molar-refractivity contribution in [2.24, 2.45) is 5.10 Å². The molecule has 0 aliphatic rings. The van der Waals surface area contributed by atoms with Crippen LogP contribution in [-0.2, 0) is 0 Å². The van der Waals surface area contributed by atoms with E-state index >= 15 is 0 Å².